The van der Waals surface area contributed by atoms with Gasteiger partial charge in [-0.1, -0.05) is 66.4 Å². The zero-order valence-electron chi connectivity index (χ0n) is 14.4. The molecular weight excluding hydrogens is 360 g/mol. The van der Waals surface area contributed by atoms with Crippen LogP contribution in [0.2, 0.25) is 0 Å². The largest absolute Gasteiger partial charge is 0.299 e. The molecule has 1 aromatic heterocycles. The highest BCUT2D eigenvalue weighted by atomic mass is 32.1. The number of hydrogen-bond acceptors (Lipinski definition) is 5. The van der Waals surface area contributed by atoms with E-state index in [0.717, 1.165) is 16.1 Å². The van der Waals surface area contributed by atoms with Gasteiger partial charge < -0.3 is 0 Å². The number of carbonyl (C=O) groups is 2. The Morgan fingerprint density at radius 3 is 2.48 bits per heavy atom. The molecule has 4 rings (SSSR count). The Hall–Kier alpha value is -3.32. The molecule has 0 radical (unpaired) electrons. The van der Waals surface area contributed by atoms with Gasteiger partial charge in [-0.2, -0.15) is 0 Å². The first-order chi connectivity index (χ1) is 13.1. The summed E-state index contributed by atoms with van der Waals surface area (Å²) in [5.41, 5.74) is 2.99. The topological polar surface area (TPSA) is 75.2 Å². The molecule has 0 unspecified atom stereocenters. The van der Waals surface area contributed by atoms with Crippen LogP contribution in [0.3, 0.4) is 0 Å². The second-order valence-electron chi connectivity index (χ2n) is 6.10. The van der Waals surface area contributed by atoms with E-state index >= 15 is 0 Å². The molecule has 2 aromatic carbocycles. The van der Waals surface area contributed by atoms with Crippen molar-refractivity contribution in [3.8, 4) is 0 Å². The summed E-state index contributed by atoms with van der Waals surface area (Å²) in [6.45, 7) is 3.83. The van der Waals surface area contributed by atoms with Crippen molar-refractivity contribution in [1.82, 2.24) is 15.1 Å². The summed E-state index contributed by atoms with van der Waals surface area (Å²) in [7, 11) is 0. The normalized spacial score (nSPS) is 13.0. The van der Waals surface area contributed by atoms with Crippen molar-refractivity contribution in [2.75, 3.05) is 11.9 Å². The van der Waals surface area contributed by atoms with Crippen LogP contribution in [0.4, 0.5) is 5.13 Å². The Morgan fingerprint density at radius 2 is 1.74 bits per heavy atom. The molecule has 134 valence electrons. The van der Waals surface area contributed by atoms with Crippen LogP contribution in [0.25, 0.3) is 5.70 Å². The molecule has 27 heavy (non-hydrogen) atoms. The predicted molar refractivity (Wildman–Crippen MR) is 104 cm³/mol. The summed E-state index contributed by atoms with van der Waals surface area (Å²) >= 11 is 1.32. The molecule has 1 aliphatic rings. The van der Waals surface area contributed by atoms with Crippen LogP contribution in [0, 0.1) is 0 Å². The van der Waals surface area contributed by atoms with Crippen molar-refractivity contribution in [1.29, 1.82) is 0 Å². The van der Waals surface area contributed by atoms with Crippen LogP contribution < -0.4 is 5.32 Å². The lowest BCUT2D eigenvalue weighted by molar-refractivity contribution is -0.116. The van der Waals surface area contributed by atoms with E-state index in [-0.39, 0.29) is 18.4 Å². The van der Waals surface area contributed by atoms with Crippen molar-refractivity contribution in [2.24, 2.45) is 0 Å². The first-order valence-corrected chi connectivity index (χ1v) is 9.20. The van der Waals surface area contributed by atoms with Crippen molar-refractivity contribution >= 4 is 34.0 Å². The lowest BCUT2D eigenvalue weighted by atomic mass is 10.1. The third kappa shape index (κ3) is 3.50. The van der Waals surface area contributed by atoms with E-state index in [0.29, 0.717) is 22.8 Å². The Bertz CT molecular complexity index is 994. The van der Waals surface area contributed by atoms with E-state index < -0.39 is 0 Å². The fraction of sp³-hybridized carbons (Fsp3) is 0.100. The number of hydrogen-bond donors (Lipinski definition) is 1. The average Bonchev–Trinajstić information content (AvgIpc) is 3.21. The first kappa shape index (κ1) is 17.1. The van der Waals surface area contributed by atoms with Crippen LogP contribution in [-0.4, -0.2) is 33.5 Å². The predicted octanol–water partition coefficient (Wildman–Crippen LogP) is 3.19. The molecule has 0 spiro atoms. The Kier molecular flexibility index (Phi) is 4.52. The molecule has 1 aliphatic heterocycles. The molecule has 0 saturated heterocycles. The minimum absolute atomic E-state index is 0.111. The number of amides is 2. The third-order valence-corrected chi connectivity index (χ3v) is 5.09. The van der Waals surface area contributed by atoms with Gasteiger partial charge in [0, 0.05) is 23.2 Å². The van der Waals surface area contributed by atoms with E-state index in [2.05, 4.69) is 22.1 Å². The van der Waals surface area contributed by atoms with Crippen LogP contribution in [0.15, 0.2) is 61.2 Å². The minimum atomic E-state index is -0.334. The Morgan fingerprint density at radius 1 is 1.04 bits per heavy atom. The molecule has 6 nitrogen and oxygen atoms in total. The van der Waals surface area contributed by atoms with Crippen LogP contribution in [0.1, 0.15) is 26.5 Å². The quantitative estimate of drug-likeness (QED) is 0.742. The lowest BCUT2D eigenvalue weighted by Gasteiger charge is -2.16. The minimum Gasteiger partial charge on any atom is -0.299 e. The Balaban J connectivity index is 1.39. The molecule has 3 aromatic rings. The summed E-state index contributed by atoms with van der Waals surface area (Å²) in [6, 6.07) is 17.1. The highest BCUT2D eigenvalue weighted by Gasteiger charge is 2.32. The summed E-state index contributed by atoms with van der Waals surface area (Å²) in [4.78, 5) is 26.2. The maximum Gasteiger partial charge on any atom is 0.259 e. The third-order valence-electron chi connectivity index (χ3n) is 4.25. The molecule has 7 heteroatoms. The SMILES string of the molecule is C=C1c2ccccc2C(=O)N1CC(=O)Nc1nnc(Cc2ccccc2)s1. The van der Waals surface area contributed by atoms with Gasteiger partial charge in [-0.25, -0.2) is 0 Å². The van der Waals surface area contributed by atoms with Gasteiger partial charge in [0.1, 0.15) is 11.6 Å². The van der Waals surface area contributed by atoms with Crippen LogP contribution in [-0.2, 0) is 11.2 Å². The highest BCUT2D eigenvalue weighted by molar-refractivity contribution is 7.15. The second-order valence-corrected chi connectivity index (χ2v) is 7.16. The number of rotatable bonds is 5. The van der Waals surface area contributed by atoms with Crippen LogP contribution in [0.5, 0.6) is 0 Å². The Labute approximate surface area is 160 Å². The molecule has 2 heterocycles. The molecule has 0 atom stereocenters. The fourth-order valence-electron chi connectivity index (χ4n) is 2.95. The van der Waals surface area contributed by atoms with Crippen molar-refractivity contribution < 1.29 is 9.59 Å². The van der Waals surface area contributed by atoms with E-state index in [1.54, 1.807) is 12.1 Å². The van der Waals surface area contributed by atoms with E-state index in [4.69, 9.17) is 0 Å². The number of nitrogens with zero attached hydrogens (tertiary/aromatic N) is 3. The number of fused-ring (bicyclic) bond motifs is 1. The molecule has 0 saturated carbocycles. The summed E-state index contributed by atoms with van der Waals surface area (Å²) in [6.07, 6.45) is 0.658. The van der Waals surface area contributed by atoms with E-state index in [9.17, 15) is 9.59 Å². The monoisotopic (exact) mass is 376 g/mol. The van der Waals surface area contributed by atoms with Gasteiger partial charge in [0.05, 0.1) is 0 Å². The van der Waals surface area contributed by atoms with Gasteiger partial charge in [-0.3, -0.25) is 19.8 Å². The van der Waals surface area contributed by atoms with Gasteiger partial charge >= 0.3 is 0 Å². The van der Waals surface area contributed by atoms with Gasteiger partial charge in [0.15, 0.2) is 0 Å². The summed E-state index contributed by atoms with van der Waals surface area (Å²) in [5.74, 6) is -0.549. The fourth-order valence-corrected chi connectivity index (χ4v) is 3.74. The second kappa shape index (κ2) is 7.13. The molecule has 0 bridgehead atoms. The zero-order chi connectivity index (χ0) is 18.8. The summed E-state index contributed by atoms with van der Waals surface area (Å²) < 4.78 is 0. The number of aromatic nitrogens is 2. The molecule has 1 N–H and O–H groups in total. The van der Waals surface area contributed by atoms with Gasteiger partial charge in [0.25, 0.3) is 5.91 Å². The highest BCUT2D eigenvalue weighted by Crippen LogP contribution is 2.30. The average molecular weight is 376 g/mol. The zero-order valence-corrected chi connectivity index (χ0v) is 15.2. The lowest BCUT2D eigenvalue weighted by Crippen LogP contribution is -2.32. The number of nitrogens with one attached hydrogen (secondary N) is 1. The molecule has 0 fully saturated rings. The van der Waals surface area contributed by atoms with Gasteiger partial charge in [0.2, 0.25) is 11.0 Å². The number of benzene rings is 2. The maximum atomic E-state index is 12.5. The van der Waals surface area contributed by atoms with E-state index in [1.165, 1.54) is 16.2 Å². The van der Waals surface area contributed by atoms with Crippen molar-refractivity contribution in [3.63, 3.8) is 0 Å². The smallest absolute Gasteiger partial charge is 0.259 e. The van der Waals surface area contributed by atoms with Gasteiger partial charge in [-0.05, 0) is 11.6 Å². The standard InChI is InChI=1S/C20H16N4O2S/c1-13-15-9-5-6-10-16(15)19(26)24(13)12-17(25)21-20-23-22-18(27-20)11-14-7-3-2-4-8-14/h2-10H,1,11-12H2,(H,21,23,25). The summed E-state index contributed by atoms with van der Waals surface area (Å²) in [5, 5.41) is 12.1. The molecule has 2 amide bonds. The van der Waals surface area contributed by atoms with E-state index in [1.807, 2.05) is 42.5 Å². The van der Waals surface area contributed by atoms with Crippen molar-refractivity contribution in [2.45, 2.75) is 6.42 Å². The van der Waals surface area contributed by atoms with Crippen molar-refractivity contribution in [3.05, 3.63) is 82.9 Å². The van der Waals surface area contributed by atoms with Crippen LogP contribution >= 0.6 is 11.3 Å². The molecular formula is C20H16N4O2S. The first-order valence-electron chi connectivity index (χ1n) is 8.38. The number of carbonyl (C=O) groups excluding carboxylic acids is 2. The molecule has 0 aliphatic carbocycles. The maximum absolute atomic E-state index is 12.5. The van der Waals surface area contributed by atoms with Gasteiger partial charge in [-0.15, -0.1) is 10.2 Å². The number of anilines is 1.